The Bertz CT molecular complexity index is 776. The maximum atomic E-state index is 10.8. The van der Waals surface area contributed by atoms with Gasteiger partial charge in [-0.1, -0.05) is 26.2 Å². The molecule has 1 aliphatic rings. The molecule has 0 radical (unpaired) electrons. The van der Waals surface area contributed by atoms with Crippen molar-refractivity contribution in [2.24, 2.45) is 0 Å². The molecule has 0 amide bonds. The van der Waals surface area contributed by atoms with Crippen LogP contribution in [0.2, 0.25) is 0 Å². The Kier molecular flexibility index (Phi) is 6.94. The van der Waals surface area contributed by atoms with Gasteiger partial charge in [0.2, 0.25) is 17.8 Å². The molecule has 150 valence electrons. The third-order valence-corrected chi connectivity index (χ3v) is 4.66. The molecule has 1 aliphatic heterocycles. The zero-order valence-electron chi connectivity index (χ0n) is 16.2. The molecule has 0 aliphatic carbocycles. The van der Waals surface area contributed by atoms with E-state index in [4.69, 9.17) is 0 Å². The number of anilines is 4. The Morgan fingerprint density at radius 2 is 1.75 bits per heavy atom. The molecule has 2 aromatic rings. The molecule has 1 aromatic carbocycles. The van der Waals surface area contributed by atoms with Crippen LogP contribution < -0.4 is 15.5 Å². The van der Waals surface area contributed by atoms with Crippen molar-refractivity contribution in [2.45, 2.75) is 45.4 Å². The zero-order valence-corrected chi connectivity index (χ0v) is 16.2. The number of nitro groups is 1. The Morgan fingerprint density at radius 1 is 1.04 bits per heavy atom. The van der Waals surface area contributed by atoms with Crippen molar-refractivity contribution in [3.63, 3.8) is 0 Å². The Morgan fingerprint density at radius 3 is 2.43 bits per heavy atom. The summed E-state index contributed by atoms with van der Waals surface area (Å²) in [5.74, 6) is 1.65. The van der Waals surface area contributed by atoms with Crippen molar-refractivity contribution in [3.8, 4) is 0 Å². The van der Waals surface area contributed by atoms with Gasteiger partial charge in [0, 0.05) is 37.5 Å². The smallest absolute Gasteiger partial charge is 0.269 e. The van der Waals surface area contributed by atoms with Crippen LogP contribution in [-0.4, -0.2) is 39.5 Å². The second-order valence-electron chi connectivity index (χ2n) is 6.89. The lowest BCUT2D eigenvalue weighted by atomic mass is 10.2. The van der Waals surface area contributed by atoms with Gasteiger partial charge < -0.3 is 15.5 Å². The van der Waals surface area contributed by atoms with Crippen LogP contribution >= 0.6 is 0 Å². The van der Waals surface area contributed by atoms with Crippen LogP contribution in [0.1, 0.15) is 45.4 Å². The van der Waals surface area contributed by atoms with E-state index < -0.39 is 4.92 Å². The van der Waals surface area contributed by atoms with Crippen molar-refractivity contribution in [3.05, 3.63) is 34.4 Å². The van der Waals surface area contributed by atoms with Crippen LogP contribution in [0, 0.1) is 10.1 Å². The number of nitrogens with one attached hydrogen (secondary N) is 2. The highest BCUT2D eigenvalue weighted by atomic mass is 16.6. The third kappa shape index (κ3) is 5.51. The molecule has 3 rings (SSSR count). The largest absolute Gasteiger partial charge is 0.354 e. The summed E-state index contributed by atoms with van der Waals surface area (Å²) in [6.45, 7) is 4.89. The third-order valence-electron chi connectivity index (χ3n) is 4.66. The van der Waals surface area contributed by atoms with Crippen molar-refractivity contribution in [1.29, 1.82) is 0 Å². The summed E-state index contributed by atoms with van der Waals surface area (Å²) in [4.78, 5) is 26.1. The molecule has 2 heterocycles. The van der Waals surface area contributed by atoms with Crippen molar-refractivity contribution in [1.82, 2.24) is 15.0 Å². The van der Waals surface area contributed by atoms with Gasteiger partial charge in [0.25, 0.3) is 5.69 Å². The van der Waals surface area contributed by atoms with Crippen molar-refractivity contribution >= 4 is 29.2 Å². The van der Waals surface area contributed by atoms with Gasteiger partial charge in [-0.15, -0.1) is 0 Å². The predicted molar refractivity (Wildman–Crippen MR) is 110 cm³/mol. The molecular formula is C19H27N7O2. The summed E-state index contributed by atoms with van der Waals surface area (Å²) in [6, 6.07) is 6.21. The number of unbranched alkanes of at least 4 members (excludes halogenated alkanes) is 3. The first kappa shape index (κ1) is 19.8. The van der Waals surface area contributed by atoms with E-state index in [1.807, 2.05) is 0 Å². The summed E-state index contributed by atoms with van der Waals surface area (Å²) in [5, 5.41) is 17.2. The number of nitrogens with zero attached hydrogens (tertiary/aromatic N) is 5. The summed E-state index contributed by atoms with van der Waals surface area (Å²) >= 11 is 0. The first-order chi connectivity index (χ1) is 13.7. The quantitative estimate of drug-likeness (QED) is 0.357. The van der Waals surface area contributed by atoms with E-state index in [2.05, 4.69) is 37.4 Å². The summed E-state index contributed by atoms with van der Waals surface area (Å²) in [7, 11) is 0. The standard InChI is InChI=1S/C19H27N7O2/c1-2-3-4-5-12-20-17-22-18(24-19(23-17)25-13-6-7-14-25)21-15-8-10-16(11-9-15)26(27)28/h8-11H,2-7,12-14H2,1H3,(H2,20,21,22,23,24). The fourth-order valence-electron chi connectivity index (χ4n) is 3.11. The first-order valence-electron chi connectivity index (χ1n) is 9.92. The number of hydrogen-bond acceptors (Lipinski definition) is 8. The van der Waals surface area contributed by atoms with Gasteiger partial charge in [-0.3, -0.25) is 10.1 Å². The van der Waals surface area contributed by atoms with Crippen molar-refractivity contribution < 1.29 is 4.92 Å². The van der Waals surface area contributed by atoms with Crippen LogP contribution in [0.3, 0.4) is 0 Å². The number of rotatable bonds is 10. The molecule has 0 unspecified atom stereocenters. The molecular weight excluding hydrogens is 358 g/mol. The molecule has 1 fully saturated rings. The molecule has 1 aromatic heterocycles. The van der Waals surface area contributed by atoms with E-state index in [0.717, 1.165) is 38.9 Å². The number of benzene rings is 1. The van der Waals surface area contributed by atoms with Crippen LogP contribution in [0.5, 0.6) is 0 Å². The molecule has 1 saturated heterocycles. The molecule has 2 N–H and O–H groups in total. The second-order valence-corrected chi connectivity index (χ2v) is 6.89. The number of hydrogen-bond donors (Lipinski definition) is 2. The van der Waals surface area contributed by atoms with Gasteiger partial charge in [0.1, 0.15) is 0 Å². The Labute approximate surface area is 164 Å². The van der Waals surface area contributed by atoms with E-state index >= 15 is 0 Å². The van der Waals surface area contributed by atoms with Crippen LogP contribution in [0.4, 0.5) is 29.2 Å². The highest BCUT2D eigenvalue weighted by molar-refractivity contribution is 5.57. The van der Waals surface area contributed by atoms with Gasteiger partial charge in [-0.05, 0) is 31.4 Å². The fourth-order valence-corrected chi connectivity index (χ4v) is 3.11. The molecule has 0 atom stereocenters. The first-order valence-corrected chi connectivity index (χ1v) is 9.92. The lowest BCUT2D eigenvalue weighted by molar-refractivity contribution is -0.384. The summed E-state index contributed by atoms with van der Waals surface area (Å²) < 4.78 is 0. The number of nitro benzene ring substituents is 1. The fraction of sp³-hybridized carbons (Fsp3) is 0.526. The van der Waals surface area contributed by atoms with Gasteiger partial charge in [-0.25, -0.2) is 0 Å². The van der Waals surface area contributed by atoms with Gasteiger partial charge >= 0.3 is 0 Å². The van der Waals surface area contributed by atoms with Crippen LogP contribution in [-0.2, 0) is 0 Å². The molecule has 0 saturated carbocycles. The van der Waals surface area contributed by atoms with E-state index in [1.165, 1.54) is 31.4 Å². The topological polar surface area (TPSA) is 109 Å². The predicted octanol–water partition coefficient (Wildman–Crippen LogP) is 4.12. The minimum Gasteiger partial charge on any atom is -0.354 e. The molecule has 0 bridgehead atoms. The average Bonchev–Trinajstić information content (AvgIpc) is 3.23. The zero-order chi connectivity index (χ0) is 19.8. The average molecular weight is 385 g/mol. The Hall–Kier alpha value is -2.97. The number of aromatic nitrogens is 3. The van der Waals surface area contributed by atoms with Crippen molar-refractivity contribution in [2.75, 3.05) is 35.2 Å². The number of non-ortho nitro benzene ring substituents is 1. The van der Waals surface area contributed by atoms with E-state index in [-0.39, 0.29) is 5.69 Å². The lowest BCUT2D eigenvalue weighted by Crippen LogP contribution is -2.22. The highest BCUT2D eigenvalue weighted by Gasteiger charge is 2.17. The maximum absolute atomic E-state index is 10.8. The normalized spacial score (nSPS) is 13.5. The molecule has 0 spiro atoms. The van der Waals surface area contributed by atoms with Gasteiger partial charge in [0.15, 0.2) is 0 Å². The Balaban J connectivity index is 1.73. The molecule has 9 heteroatoms. The SMILES string of the molecule is CCCCCCNc1nc(Nc2ccc([N+](=O)[O-])cc2)nc(N2CCCC2)n1. The highest BCUT2D eigenvalue weighted by Crippen LogP contribution is 2.22. The molecule has 28 heavy (non-hydrogen) atoms. The van der Waals surface area contributed by atoms with E-state index in [1.54, 1.807) is 12.1 Å². The monoisotopic (exact) mass is 385 g/mol. The minimum atomic E-state index is -0.418. The maximum Gasteiger partial charge on any atom is 0.269 e. The van der Waals surface area contributed by atoms with Gasteiger partial charge in [-0.2, -0.15) is 15.0 Å². The van der Waals surface area contributed by atoms with E-state index in [0.29, 0.717) is 23.5 Å². The van der Waals surface area contributed by atoms with E-state index in [9.17, 15) is 10.1 Å². The summed E-state index contributed by atoms with van der Waals surface area (Å²) in [5.41, 5.74) is 0.742. The minimum absolute atomic E-state index is 0.0494. The van der Waals surface area contributed by atoms with Crippen LogP contribution in [0.15, 0.2) is 24.3 Å². The lowest BCUT2D eigenvalue weighted by Gasteiger charge is -2.17. The van der Waals surface area contributed by atoms with Gasteiger partial charge in [0.05, 0.1) is 4.92 Å². The molecule has 9 nitrogen and oxygen atoms in total. The summed E-state index contributed by atoms with van der Waals surface area (Å²) in [6.07, 6.45) is 6.96. The second kappa shape index (κ2) is 9.82. The van der Waals surface area contributed by atoms with Crippen LogP contribution in [0.25, 0.3) is 0 Å².